The van der Waals surface area contributed by atoms with Crippen molar-refractivity contribution in [3.05, 3.63) is 60.4 Å². The number of nitrogens with zero attached hydrogens (tertiary/aromatic N) is 2. The molecule has 0 spiro atoms. The number of carboxylic acid groups (broad SMARTS) is 1. The molecular formula is C16H19N3O3. The summed E-state index contributed by atoms with van der Waals surface area (Å²) < 4.78 is 1.92. The summed E-state index contributed by atoms with van der Waals surface area (Å²) in [6, 6.07) is 9.76. The summed E-state index contributed by atoms with van der Waals surface area (Å²) in [6.07, 6.45) is 6.31. The zero-order chi connectivity index (χ0) is 15.8. The SMILES string of the molecule is NOC(CCCC(=O)O)=C(Cn1ccnc1)c1ccccc1. The van der Waals surface area contributed by atoms with Crippen LogP contribution >= 0.6 is 0 Å². The molecule has 0 saturated heterocycles. The first-order valence-corrected chi connectivity index (χ1v) is 7.02. The molecule has 2 rings (SSSR count). The summed E-state index contributed by atoms with van der Waals surface area (Å²) in [7, 11) is 0. The lowest BCUT2D eigenvalue weighted by atomic mass is 10.0. The molecule has 0 amide bonds. The van der Waals surface area contributed by atoms with Crippen molar-refractivity contribution in [3.63, 3.8) is 0 Å². The fourth-order valence-corrected chi connectivity index (χ4v) is 2.22. The normalized spacial score (nSPS) is 11.9. The van der Waals surface area contributed by atoms with Crippen molar-refractivity contribution in [3.8, 4) is 0 Å². The maximum atomic E-state index is 10.7. The van der Waals surface area contributed by atoms with E-state index in [1.165, 1.54) is 0 Å². The fraction of sp³-hybridized carbons (Fsp3) is 0.250. The van der Waals surface area contributed by atoms with Crippen LogP contribution in [0.5, 0.6) is 0 Å². The Morgan fingerprint density at radius 1 is 1.27 bits per heavy atom. The molecule has 3 N–H and O–H groups in total. The highest BCUT2D eigenvalue weighted by molar-refractivity contribution is 5.68. The number of hydrogen-bond acceptors (Lipinski definition) is 4. The Balaban J connectivity index is 2.27. The Hall–Kier alpha value is -2.60. The third-order valence-corrected chi connectivity index (χ3v) is 3.30. The van der Waals surface area contributed by atoms with Crippen LogP contribution in [-0.2, 0) is 16.2 Å². The minimum atomic E-state index is -0.827. The van der Waals surface area contributed by atoms with Crippen LogP contribution < -0.4 is 5.90 Å². The molecule has 0 atom stereocenters. The molecule has 1 aromatic carbocycles. The van der Waals surface area contributed by atoms with Crippen LogP contribution in [0.15, 0.2) is 54.8 Å². The molecule has 0 aliphatic rings. The van der Waals surface area contributed by atoms with E-state index in [9.17, 15) is 4.79 Å². The van der Waals surface area contributed by atoms with E-state index in [1.807, 2.05) is 41.1 Å². The van der Waals surface area contributed by atoms with Crippen molar-refractivity contribution >= 4 is 11.5 Å². The van der Waals surface area contributed by atoms with E-state index in [0.29, 0.717) is 25.1 Å². The van der Waals surface area contributed by atoms with Crippen molar-refractivity contribution in [1.82, 2.24) is 9.55 Å². The van der Waals surface area contributed by atoms with Gasteiger partial charge in [0.2, 0.25) is 0 Å². The van der Waals surface area contributed by atoms with Crippen molar-refractivity contribution in [2.75, 3.05) is 0 Å². The lowest BCUT2D eigenvalue weighted by molar-refractivity contribution is -0.137. The van der Waals surface area contributed by atoms with Gasteiger partial charge in [-0.15, -0.1) is 0 Å². The van der Waals surface area contributed by atoms with E-state index in [4.69, 9.17) is 15.8 Å². The van der Waals surface area contributed by atoms with Gasteiger partial charge in [-0.3, -0.25) is 4.79 Å². The first-order valence-electron chi connectivity index (χ1n) is 7.02. The zero-order valence-corrected chi connectivity index (χ0v) is 12.2. The second-order valence-corrected chi connectivity index (χ2v) is 4.87. The van der Waals surface area contributed by atoms with E-state index in [2.05, 4.69) is 4.98 Å². The number of imidazole rings is 1. The lowest BCUT2D eigenvalue weighted by Gasteiger charge is -2.14. The minimum absolute atomic E-state index is 0.0833. The number of aromatic nitrogens is 2. The third kappa shape index (κ3) is 4.46. The first-order chi connectivity index (χ1) is 10.7. The van der Waals surface area contributed by atoms with Crippen LogP contribution in [0.4, 0.5) is 0 Å². The highest BCUT2D eigenvalue weighted by Gasteiger charge is 2.12. The van der Waals surface area contributed by atoms with Crippen LogP contribution in [-0.4, -0.2) is 20.6 Å². The predicted octanol–water partition coefficient (Wildman–Crippen LogP) is 2.44. The Morgan fingerprint density at radius 2 is 2.05 bits per heavy atom. The molecule has 0 aliphatic heterocycles. The molecule has 0 aliphatic carbocycles. The molecule has 22 heavy (non-hydrogen) atoms. The maximum absolute atomic E-state index is 10.7. The van der Waals surface area contributed by atoms with Gasteiger partial charge in [0.05, 0.1) is 12.9 Å². The highest BCUT2D eigenvalue weighted by Crippen LogP contribution is 2.24. The topological polar surface area (TPSA) is 90.4 Å². The van der Waals surface area contributed by atoms with Gasteiger partial charge in [-0.05, 0) is 12.0 Å². The van der Waals surface area contributed by atoms with E-state index >= 15 is 0 Å². The van der Waals surface area contributed by atoms with Gasteiger partial charge in [0, 0.05) is 30.8 Å². The Labute approximate surface area is 128 Å². The van der Waals surface area contributed by atoms with Gasteiger partial charge in [0.15, 0.2) is 0 Å². The number of carboxylic acids is 1. The second-order valence-electron chi connectivity index (χ2n) is 4.87. The number of carbonyl (C=O) groups is 1. The number of allylic oxidation sites excluding steroid dienone is 2. The van der Waals surface area contributed by atoms with Crippen LogP contribution in [0, 0.1) is 0 Å². The summed E-state index contributed by atoms with van der Waals surface area (Å²) in [5, 5.41) is 8.76. The van der Waals surface area contributed by atoms with Crippen molar-refractivity contribution < 1.29 is 14.7 Å². The molecular weight excluding hydrogens is 282 g/mol. The summed E-state index contributed by atoms with van der Waals surface area (Å²) in [4.78, 5) is 19.7. The summed E-state index contributed by atoms with van der Waals surface area (Å²) in [5.41, 5.74) is 1.92. The average Bonchev–Trinajstić information content (AvgIpc) is 3.03. The van der Waals surface area contributed by atoms with E-state index in [-0.39, 0.29) is 6.42 Å². The van der Waals surface area contributed by atoms with Crippen molar-refractivity contribution in [2.24, 2.45) is 5.90 Å². The van der Waals surface area contributed by atoms with Gasteiger partial charge in [0.25, 0.3) is 0 Å². The lowest BCUT2D eigenvalue weighted by Crippen LogP contribution is -2.08. The summed E-state index contributed by atoms with van der Waals surface area (Å²) in [6.45, 7) is 0.559. The number of hydrogen-bond donors (Lipinski definition) is 2. The monoisotopic (exact) mass is 301 g/mol. The maximum Gasteiger partial charge on any atom is 0.303 e. The minimum Gasteiger partial charge on any atom is -0.481 e. The molecule has 0 bridgehead atoms. The predicted molar refractivity (Wildman–Crippen MR) is 82.3 cm³/mol. The highest BCUT2D eigenvalue weighted by atomic mass is 16.6. The molecule has 2 aromatic rings. The fourth-order valence-electron chi connectivity index (χ4n) is 2.22. The van der Waals surface area contributed by atoms with Crippen molar-refractivity contribution in [1.29, 1.82) is 0 Å². The molecule has 0 fully saturated rings. The standard InChI is InChI=1S/C16H19N3O3/c17-22-15(7-4-8-16(20)21)14(11-19-10-9-18-12-19)13-5-2-1-3-6-13/h1-3,5-6,9-10,12H,4,7-8,11,17H2,(H,20,21). The molecule has 0 unspecified atom stereocenters. The van der Waals surface area contributed by atoms with Crippen LogP contribution in [0.1, 0.15) is 24.8 Å². The number of aliphatic carboxylic acids is 1. The van der Waals surface area contributed by atoms with E-state index in [0.717, 1.165) is 11.1 Å². The number of nitrogens with two attached hydrogens (primary N) is 1. The van der Waals surface area contributed by atoms with Crippen molar-refractivity contribution in [2.45, 2.75) is 25.8 Å². The van der Waals surface area contributed by atoms with Gasteiger partial charge >= 0.3 is 5.97 Å². The van der Waals surface area contributed by atoms with Gasteiger partial charge in [-0.25, -0.2) is 4.98 Å². The molecule has 0 saturated carbocycles. The van der Waals surface area contributed by atoms with Crippen LogP contribution in [0.2, 0.25) is 0 Å². The molecule has 6 nitrogen and oxygen atoms in total. The van der Waals surface area contributed by atoms with Gasteiger partial charge in [0.1, 0.15) is 5.76 Å². The molecule has 1 aromatic heterocycles. The molecule has 0 radical (unpaired) electrons. The smallest absolute Gasteiger partial charge is 0.303 e. The molecule has 1 heterocycles. The summed E-state index contributed by atoms with van der Waals surface area (Å²) in [5.74, 6) is 5.20. The van der Waals surface area contributed by atoms with E-state index in [1.54, 1.807) is 12.5 Å². The zero-order valence-electron chi connectivity index (χ0n) is 12.2. The number of rotatable bonds is 8. The van der Waals surface area contributed by atoms with Crippen LogP contribution in [0.25, 0.3) is 5.57 Å². The third-order valence-electron chi connectivity index (χ3n) is 3.30. The van der Waals surface area contributed by atoms with E-state index < -0.39 is 5.97 Å². The van der Waals surface area contributed by atoms with Gasteiger partial charge in [-0.2, -0.15) is 5.90 Å². The molecule has 116 valence electrons. The Bertz CT molecular complexity index is 621. The van der Waals surface area contributed by atoms with Gasteiger partial charge < -0.3 is 14.5 Å². The second kappa shape index (κ2) is 7.99. The number of benzene rings is 1. The van der Waals surface area contributed by atoms with Gasteiger partial charge in [-0.1, -0.05) is 30.3 Å². The average molecular weight is 301 g/mol. The quantitative estimate of drug-likeness (QED) is 0.577. The molecule has 6 heteroatoms. The summed E-state index contributed by atoms with van der Waals surface area (Å²) >= 11 is 0. The Kier molecular flexibility index (Phi) is 5.73. The largest absolute Gasteiger partial charge is 0.481 e. The Morgan fingerprint density at radius 3 is 2.64 bits per heavy atom. The first kappa shape index (κ1) is 15.8. The van der Waals surface area contributed by atoms with Crippen LogP contribution in [0.3, 0.4) is 0 Å².